The Bertz CT molecular complexity index is 528. The Kier molecular flexibility index (Phi) is 6.23. The zero-order valence-corrected chi connectivity index (χ0v) is 14.9. The predicted molar refractivity (Wildman–Crippen MR) is 89.2 cm³/mol. The van der Waals surface area contributed by atoms with E-state index in [1.807, 2.05) is 17.0 Å². The summed E-state index contributed by atoms with van der Waals surface area (Å²) in [7, 11) is 0. The fraction of sp³-hybridized carbons (Fsp3) is 0.467. The number of benzene rings is 1. The van der Waals surface area contributed by atoms with Crippen molar-refractivity contribution in [1.82, 2.24) is 10.2 Å². The summed E-state index contributed by atoms with van der Waals surface area (Å²) in [4.78, 5) is 26.0. The monoisotopic (exact) mass is 416 g/mol. The van der Waals surface area contributed by atoms with Gasteiger partial charge in [0.2, 0.25) is 5.91 Å². The third kappa shape index (κ3) is 4.81. The van der Waals surface area contributed by atoms with E-state index in [4.69, 9.17) is 0 Å². The number of amides is 2. The maximum Gasteiger partial charge on any atom is 0.252 e. The number of carbonyl (C=O) groups excluding carboxylic acids is 2. The maximum atomic E-state index is 12.1. The molecule has 0 bridgehead atoms. The molecule has 1 saturated heterocycles. The molecule has 1 fully saturated rings. The second-order valence-electron chi connectivity index (χ2n) is 5.07. The highest BCUT2D eigenvalue weighted by Crippen LogP contribution is 2.21. The van der Waals surface area contributed by atoms with E-state index in [1.54, 1.807) is 6.07 Å². The molecule has 1 N–H and O–H groups in total. The first kappa shape index (κ1) is 16.5. The summed E-state index contributed by atoms with van der Waals surface area (Å²) < 4.78 is 1.59. The van der Waals surface area contributed by atoms with Gasteiger partial charge < -0.3 is 10.2 Å². The molecule has 114 valence electrons. The lowest BCUT2D eigenvalue weighted by Crippen LogP contribution is -2.37. The van der Waals surface area contributed by atoms with E-state index in [0.717, 1.165) is 34.9 Å². The quantitative estimate of drug-likeness (QED) is 0.816. The van der Waals surface area contributed by atoms with Gasteiger partial charge in [-0.05, 0) is 53.4 Å². The Morgan fingerprint density at radius 3 is 2.57 bits per heavy atom. The number of likely N-dealkylation sites (tertiary alicyclic amines) is 1. The molecule has 1 aromatic carbocycles. The minimum absolute atomic E-state index is 0.128. The molecule has 0 atom stereocenters. The number of hydrogen-bond donors (Lipinski definition) is 1. The molecular weight excluding hydrogens is 400 g/mol. The molecule has 4 nitrogen and oxygen atoms in total. The van der Waals surface area contributed by atoms with Gasteiger partial charge in [-0.3, -0.25) is 9.59 Å². The first-order chi connectivity index (χ1) is 10.1. The van der Waals surface area contributed by atoms with Crippen LogP contribution in [0.25, 0.3) is 0 Å². The van der Waals surface area contributed by atoms with Crippen molar-refractivity contribution in [3.8, 4) is 0 Å². The van der Waals surface area contributed by atoms with Crippen LogP contribution in [-0.2, 0) is 4.79 Å². The smallest absolute Gasteiger partial charge is 0.252 e. The molecule has 21 heavy (non-hydrogen) atoms. The summed E-state index contributed by atoms with van der Waals surface area (Å²) in [6.45, 7) is 2.07. The number of nitrogens with zero attached hydrogens (tertiary/aromatic N) is 1. The van der Waals surface area contributed by atoms with Gasteiger partial charge in [-0.15, -0.1) is 0 Å². The van der Waals surface area contributed by atoms with Crippen LogP contribution in [0.4, 0.5) is 0 Å². The van der Waals surface area contributed by atoms with Crippen LogP contribution in [0.1, 0.15) is 36.0 Å². The summed E-state index contributed by atoms with van der Waals surface area (Å²) in [5, 5.41) is 2.80. The van der Waals surface area contributed by atoms with Gasteiger partial charge in [-0.2, -0.15) is 0 Å². The van der Waals surface area contributed by atoms with Crippen molar-refractivity contribution in [3.05, 3.63) is 32.7 Å². The van der Waals surface area contributed by atoms with Crippen LogP contribution >= 0.6 is 31.9 Å². The Morgan fingerprint density at radius 1 is 1.14 bits per heavy atom. The molecule has 0 aromatic heterocycles. The molecule has 0 unspecified atom stereocenters. The van der Waals surface area contributed by atoms with E-state index in [2.05, 4.69) is 37.2 Å². The minimum atomic E-state index is -0.172. The van der Waals surface area contributed by atoms with Crippen LogP contribution in [0.3, 0.4) is 0 Å². The van der Waals surface area contributed by atoms with Crippen LogP contribution in [0, 0.1) is 0 Å². The van der Waals surface area contributed by atoms with E-state index in [9.17, 15) is 9.59 Å². The molecule has 1 heterocycles. The van der Waals surface area contributed by atoms with Gasteiger partial charge in [0.15, 0.2) is 0 Å². The third-order valence-corrected chi connectivity index (χ3v) is 4.69. The second-order valence-corrected chi connectivity index (χ2v) is 6.84. The molecule has 1 aromatic rings. The number of nitrogens with one attached hydrogen (secondary N) is 1. The van der Waals surface area contributed by atoms with Crippen molar-refractivity contribution in [2.24, 2.45) is 0 Å². The first-order valence-corrected chi connectivity index (χ1v) is 8.67. The first-order valence-electron chi connectivity index (χ1n) is 7.09. The van der Waals surface area contributed by atoms with Gasteiger partial charge in [0.1, 0.15) is 0 Å². The van der Waals surface area contributed by atoms with Crippen LogP contribution in [-0.4, -0.2) is 36.3 Å². The van der Waals surface area contributed by atoms with Crippen molar-refractivity contribution in [2.45, 2.75) is 25.7 Å². The molecule has 0 aliphatic carbocycles. The highest BCUT2D eigenvalue weighted by molar-refractivity contribution is 9.11. The molecule has 0 saturated carbocycles. The van der Waals surface area contributed by atoms with Gasteiger partial charge in [0.05, 0.1) is 5.56 Å². The number of halogens is 2. The molecule has 0 radical (unpaired) electrons. The highest BCUT2D eigenvalue weighted by atomic mass is 79.9. The van der Waals surface area contributed by atoms with Gasteiger partial charge in [-0.25, -0.2) is 0 Å². The number of rotatable bonds is 4. The Balaban J connectivity index is 1.81. The lowest BCUT2D eigenvalue weighted by atomic mass is 10.1. The lowest BCUT2D eigenvalue weighted by Gasteiger charge is -2.26. The van der Waals surface area contributed by atoms with E-state index >= 15 is 0 Å². The van der Waals surface area contributed by atoms with E-state index < -0.39 is 0 Å². The van der Waals surface area contributed by atoms with E-state index in [1.165, 1.54) is 6.42 Å². The Morgan fingerprint density at radius 2 is 1.86 bits per heavy atom. The number of piperidine rings is 1. The van der Waals surface area contributed by atoms with Gasteiger partial charge >= 0.3 is 0 Å². The molecule has 2 amide bonds. The summed E-state index contributed by atoms with van der Waals surface area (Å²) in [5.74, 6) is -0.0436. The fourth-order valence-corrected chi connectivity index (χ4v) is 3.14. The Hall–Kier alpha value is -0.880. The summed E-state index contributed by atoms with van der Waals surface area (Å²) in [5.41, 5.74) is 0.565. The van der Waals surface area contributed by atoms with Crippen LogP contribution < -0.4 is 5.32 Å². The van der Waals surface area contributed by atoms with Crippen molar-refractivity contribution >= 4 is 43.7 Å². The average Bonchev–Trinajstić information content (AvgIpc) is 2.50. The SMILES string of the molecule is O=C(NCCC(=O)N1CCCCC1)c1cc(Br)ccc1Br. The summed E-state index contributed by atoms with van der Waals surface area (Å²) in [6.07, 6.45) is 3.74. The van der Waals surface area contributed by atoms with Crippen molar-refractivity contribution < 1.29 is 9.59 Å². The average molecular weight is 418 g/mol. The number of carbonyl (C=O) groups is 2. The zero-order valence-electron chi connectivity index (χ0n) is 11.7. The molecule has 0 spiro atoms. The Labute approximate surface area is 141 Å². The molecule has 1 aliphatic heterocycles. The fourth-order valence-electron chi connectivity index (χ4n) is 2.35. The van der Waals surface area contributed by atoms with Crippen molar-refractivity contribution in [3.63, 3.8) is 0 Å². The van der Waals surface area contributed by atoms with Crippen LogP contribution in [0.15, 0.2) is 27.1 Å². The van der Waals surface area contributed by atoms with Crippen molar-refractivity contribution in [1.29, 1.82) is 0 Å². The summed E-state index contributed by atoms with van der Waals surface area (Å²) in [6, 6.07) is 5.44. The van der Waals surface area contributed by atoms with Gasteiger partial charge in [-0.1, -0.05) is 15.9 Å². The third-order valence-electron chi connectivity index (χ3n) is 3.51. The standard InChI is InChI=1S/C15H18Br2N2O2/c16-11-4-5-13(17)12(10-11)15(21)18-7-6-14(20)19-8-2-1-3-9-19/h4-5,10H,1-3,6-9H2,(H,18,21). The molecule has 2 rings (SSSR count). The minimum Gasteiger partial charge on any atom is -0.351 e. The second kappa shape index (κ2) is 7.94. The molecule has 1 aliphatic rings. The van der Waals surface area contributed by atoms with Crippen LogP contribution in [0.5, 0.6) is 0 Å². The highest BCUT2D eigenvalue weighted by Gasteiger charge is 2.16. The maximum absolute atomic E-state index is 12.1. The lowest BCUT2D eigenvalue weighted by molar-refractivity contribution is -0.131. The largest absolute Gasteiger partial charge is 0.351 e. The molecular formula is C15H18Br2N2O2. The molecule has 6 heteroatoms. The van der Waals surface area contributed by atoms with E-state index in [-0.39, 0.29) is 11.8 Å². The zero-order chi connectivity index (χ0) is 15.2. The van der Waals surface area contributed by atoms with E-state index in [0.29, 0.717) is 18.5 Å². The normalized spacial score (nSPS) is 14.9. The number of hydrogen-bond acceptors (Lipinski definition) is 2. The van der Waals surface area contributed by atoms with Gasteiger partial charge in [0.25, 0.3) is 5.91 Å². The van der Waals surface area contributed by atoms with Crippen molar-refractivity contribution in [2.75, 3.05) is 19.6 Å². The predicted octanol–water partition coefficient (Wildman–Crippen LogP) is 3.34. The van der Waals surface area contributed by atoms with Gasteiger partial charge in [0, 0.05) is 35.0 Å². The summed E-state index contributed by atoms with van der Waals surface area (Å²) >= 11 is 6.70. The van der Waals surface area contributed by atoms with Crippen LogP contribution in [0.2, 0.25) is 0 Å². The topological polar surface area (TPSA) is 49.4 Å².